The fraction of sp³-hybridized carbons (Fsp3) is 0.0526. The maximum absolute atomic E-state index is 6.87. The fourth-order valence-corrected chi connectivity index (χ4v) is 6.64. The second kappa shape index (κ2) is 12.2. The average Bonchev–Trinajstić information content (AvgIpc) is 3.06. The van der Waals surface area contributed by atoms with E-state index in [0.29, 0.717) is 17.2 Å². The van der Waals surface area contributed by atoms with Gasteiger partial charge in [0, 0.05) is 27.7 Å². The minimum absolute atomic E-state index is 0.618. The molecule has 0 radical (unpaired) electrons. The zero-order valence-corrected chi connectivity index (χ0v) is 25.6. The van der Waals surface area contributed by atoms with Crippen molar-refractivity contribution >= 4 is 37.0 Å². The summed E-state index contributed by atoms with van der Waals surface area (Å²) < 4.78 is 20.3. The van der Waals surface area contributed by atoms with Crippen molar-refractivity contribution in [2.45, 2.75) is 13.8 Å². The van der Waals surface area contributed by atoms with Crippen LogP contribution in [0.2, 0.25) is 0 Å². The van der Waals surface area contributed by atoms with Gasteiger partial charge in [-0.1, -0.05) is 109 Å². The van der Waals surface area contributed by atoms with Crippen LogP contribution in [0.25, 0.3) is 44.1 Å². The second-order valence-electron chi connectivity index (χ2n) is 10.6. The predicted molar refractivity (Wildman–Crippen MR) is 178 cm³/mol. The standard InChI is InChI=1S/C18H14O.2C10H9NO.Al/c19-18-13-16(14-7-3-1-4-8-14)11-12-17(18)15-9-5-2-6-10-15;2*1-7-5-6-8-3-2-4-9(12)10(8)11-7;/h1-13,19H;2*2-6,12H,1H3;/q;;;+3/p-3. The van der Waals surface area contributed by atoms with Gasteiger partial charge in [-0.2, -0.15) is 0 Å². The lowest BCUT2D eigenvalue weighted by atomic mass is 9.99. The molecular formula is C38H29AlN2O3. The van der Waals surface area contributed by atoms with Crippen LogP contribution in [0.3, 0.4) is 0 Å². The number of rotatable bonds is 8. The molecule has 0 saturated carbocycles. The molecule has 2 aromatic heterocycles. The number of fused-ring (bicyclic) bond motifs is 2. The normalized spacial score (nSPS) is 11.0. The summed E-state index contributed by atoms with van der Waals surface area (Å²) in [5.74, 6) is 1.92. The van der Waals surface area contributed by atoms with Gasteiger partial charge in [0.2, 0.25) is 0 Å². The Balaban J connectivity index is 1.35. The van der Waals surface area contributed by atoms with Crippen LogP contribution in [0.5, 0.6) is 17.2 Å². The third-order valence-electron chi connectivity index (χ3n) is 7.49. The zero-order valence-electron chi connectivity index (χ0n) is 24.5. The first kappa shape index (κ1) is 27.7. The molecule has 5 aromatic carbocycles. The quantitative estimate of drug-likeness (QED) is 0.166. The topological polar surface area (TPSA) is 53.5 Å². The van der Waals surface area contributed by atoms with Crippen molar-refractivity contribution < 1.29 is 11.4 Å². The Hall–Kier alpha value is -5.15. The molecule has 7 rings (SSSR count). The van der Waals surface area contributed by atoms with Gasteiger partial charge < -0.3 is 11.4 Å². The summed E-state index contributed by atoms with van der Waals surface area (Å²) in [6.45, 7) is 3.95. The van der Waals surface area contributed by atoms with Crippen LogP contribution in [0, 0.1) is 13.8 Å². The molecule has 0 N–H and O–H groups in total. The number of para-hydroxylation sites is 2. The third-order valence-corrected chi connectivity index (χ3v) is 8.83. The first-order valence-electron chi connectivity index (χ1n) is 14.6. The highest BCUT2D eigenvalue weighted by Crippen LogP contribution is 2.36. The molecule has 0 unspecified atom stereocenters. The van der Waals surface area contributed by atoms with E-state index in [1.807, 2.05) is 98.8 Å². The second-order valence-corrected chi connectivity index (χ2v) is 11.9. The predicted octanol–water partition coefficient (Wildman–Crippen LogP) is 9.26. The van der Waals surface area contributed by atoms with Gasteiger partial charge in [-0.3, -0.25) is 0 Å². The van der Waals surface area contributed by atoms with Crippen molar-refractivity contribution in [1.29, 1.82) is 0 Å². The van der Waals surface area contributed by atoms with Gasteiger partial charge in [-0.25, -0.2) is 9.97 Å². The van der Waals surface area contributed by atoms with Crippen molar-refractivity contribution in [2.24, 2.45) is 0 Å². The Bertz CT molecular complexity index is 2000. The van der Waals surface area contributed by atoms with E-state index in [9.17, 15) is 0 Å². The molecular weight excluding hydrogens is 559 g/mol. The lowest BCUT2D eigenvalue weighted by molar-refractivity contribution is 0.310. The van der Waals surface area contributed by atoms with Crippen LogP contribution < -0.4 is 11.4 Å². The molecule has 212 valence electrons. The van der Waals surface area contributed by atoms with E-state index in [4.69, 9.17) is 21.3 Å². The Morgan fingerprint density at radius 1 is 0.432 bits per heavy atom. The van der Waals surface area contributed by atoms with E-state index >= 15 is 0 Å². The third kappa shape index (κ3) is 5.87. The number of aryl methyl sites for hydroxylation is 2. The average molecular weight is 589 g/mol. The summed E-state index contributed by atoms with van der Waals surface area (Å²) in [5.41, 5.74) is 7.48. The van der Waals surface area contributed by atoms with Crippen LogP contribution in [-0.2, 0) is 0 Å². The van der Waals surface area contributed by atoms with E-state index < -0.39 is 15.1 Å². The van der Waals surface area contributed by atoms with Gasteiger partial charge >= 0.3 is 15.1 Å². The lowest BCUT2D eigenvalue weighted by Gasteiger charge is -2.20. The van der Waals surface area contributed by atoms with Crippen molar-refractivity contribution in [3.63, 3.8) is 0 Å². The van der Waals surface area contributed by atoms with Gasteiger partial charge in [0.05, 0.1) is 5.75 Å². The Labute approximate surface area is 261 Å². The lowest BCUT2D eigenvalue weighted by Crippen LogP contribution is -2.37. The minimum Gasteiger partial charge on any atom is -0.577 e. The van der Waals surface area contributed by atoms with Crippen LogP contribution in [-0.4, -0.2) is 25.1 Å². The molecule has 0 bridgehead atoms. The number of aromatic nitrogens is 2. The van der Waals surface area contributed by atoms with Crippen LogP contribution >= 0.6 is 0 Å². The Morgan fingerprint density at radius 3 is 1.52 bits per heavy atom. The molecule has 0 spiro atoms. The Kier molecular flexibility index (Phi) is 7.69. The van der Waals surface area contributed by atoms with Crippen molar-refractivity contribution in [3.8, 4) is 39.5 Å². The highest BCUT2D eigenvalue weighted by molar-refractivity contribution is 6.40. The fourth-order valence-electron chi connectivity index (χ4n) is 5.29. The van der Waals surface area contributed by atoms with Gasteiger partial charge in [-0.05, 0) is 60.9 Å². The molecule has 0 saturated heterocycles. The number of pyridine rings is 2. The van der Waals surface area contributed by atoms with E-state index in [2.05, 4.69) is 54.6 Å². The molecule has 0 atom stereocenters. The van der Waals surface area contributed by atoms with Crippen molar-refractivity contribution in [1.82, 2.24) is 9.97 Å². The number of hydrogen-bond donors (Lipinski definition) is 0. The first-order chi connectivity index (χ1) is 21.6. The molecule has 44 heavy (non-hydrogen) atoms. The molecule has 0 amide bonds. The van der Waals surface area contributed by atoms with E-state index in [1.165, 1.54) is 0 Å². The number of hydrogen-bond acceptors (Lipinski definition) is 5. The summed E-state index contributed by atoms with van der Waals surface area (Å²) in [6, 6.07) is 46.7. The van der Waals surface area contributed by atoms with Crippen LogP contribution in [0.4, 0.5) is 0 Å². The largest absolute Gasteiger partial charge is 1.20 e. The van der Waals surface area contributed by atoms with Crippen LogP contribution in [0.15, 0.2) is 140 Å². The van der Waals surface area contributed by atoms with Crippen LogP contribution in [0.1, 0.15) is 11.4 Å². The minimum atomic E-state index is -3.01. The number of nitrogens with zero attached hydrogens (tertiary/aromatic N) is 2. The smallest absolute Gasteiger partial charge is 0.577 e. The molecule has 2 heterocycles. The summed E-state index contributed by atoms with van der Waals surface area (Å²) in [6.07, 6.45) is 0. The zero-order chi connectivity index (χ0) is 29.9. The maximum atomic E-state index is 6.87. The molecule has 0 aliphatic heterocycles. The summed E-state index contributed by atoms with van der Waals surface area (Å²) in [7, 11) is 0. The van der Waals surface area contributed by atoms with Gasteiger partial charge in [0.25, 0.3) is 0 Å². The van der Waals surface area contributed by atoms with Gasteiger partial charge in [0.1, 0.15) is 22.5 Å². The van der Waals surface area contributed by atoms with Gasteiger partial charge in [-0.15, -0.1) is 0 Å². The van der Waals surface area contributed by atoms with E-state index in [0.717, 1.165) is 55.4 Å². The summed E-state index contributed by atoms with van der Waals surface area (Å²) in [4.78, 5) is 9.59. The van der Waals surface area contributed by atoms with E-state index in [-0.39, 0.29) is 0 Å². The molecule has 5 nitrogen and oxygen atoms in total. The molecule has 0 fully saturated rings. The molecule has 0 aliphatic carbocycles. The number of benzene rings is 5. The highest BCUT2D eigenvalue weighted by atomic mass is 27.3. The van der Waals surface area contributed by atoms with Crippen molar-refractivity contribution in [3.05, 3.63) is 151 Å². The Morgan fingerprint density at radius 2 is 0.955 bits per heavy atom. The SMILES string of the molecule is Cc1ccc2cccc([O][Al]([O]c3cc(-c4ccccc4)ccc3-c3ccccc3)[O]c3cccc4ccc(C)nc34)c2n1. The van der Waals surface area contributed by atoms with Crippen molar-refractivity contribution in [2.75, 3.05) is 0 Å². The van der Waals surface area contributed by atoms with Gasteiger partial charge in [0.15, 0.2) is 0 Å². The first-order valence-corrected chi connectivity index (χ1v) is 16.0. The molecule has 6 heteroatoms. The molecule has 0 aliphatic rings. The summed E-state index contributed by atoms with van der Waals surface area (Å²) >= 11 is -3.01. The molecule has 7 aromatic rings. The maximum Gasteiger partial charge on any atom is 1.20 e. The van der Waals surface area contributed by atoms with E-state index in [1.54, 1.807) is 0 Å². The summed E-state index contributed by atoms with van der Waals surface area (Å²) in [5, 5.41) is 1.97. The monoisotopic (exact) mass is 588 g/mol. The highest BCUT2D eigenvalue weighted by Gasteiger charge is 2.46.